The summed E-state index contributed by atoms with van der Waals surface area (Å²) >= 11 is 0. The number of hydrogen-bond donors (Lipinski definition) is 0. The molecule has 0 unspecified atom stereocenters. The number of hydrogen-bond acceptors (Lipinski definition) is 3. The van der Waals surface area contributed by atoms with Crippen molar-refractivity contribution in [3.8, 4) is 16.9 Å². The van der Waals surface area contributed by atoms with Crippen molar-refractivity contribution in [3.63, 3.8) is 0 Å². The Morgan fingerprint density at radius 1 is 0.917 bits per heavy atom. The molecule has 24 heavy (non-hydrogen) atoms. The van der Waals surface area contributed by atoms with E-state index in [0.717, 1.165) is 10.8 Å². The number of benzene rings is 3. The number of fused-ring (bicyclic) bond motifs is 1. The molecule has 0 atom stereocenters. The average Bonchev–Trinajstić information content (AvgIpc) is 3.14. The van der Waals surface area contributed by atoms with Gasteiger partial charge >= 0.3 is 8.05 Å². The van der Waals surface area contributed by atoms with Crippen molar-refractivity contribution in [2.75, 3.05) is 0 Å². The molecule has 1 heterocycles. The van der Waals surface area contributed by atoms with Gasteiger partial charge in [-0.15, -0.1) is 0 Å². The van der Waals surface area contributed by atoms with E-state index in [1.807, 2.05) is 22.9 Å². The first-order valence-corrected chi connectivity index (χ1v) is 7.64. The van der Waals surface area contributed by atoms with Crippen molar-refractivity contribution in [2.24, 2.45) is 0 Å². The molecule has 5 heteroatoms. The second-order valence-electron chi connectivity index (χ2n) is 5.64. The molecule has 1 aromatic heterocycles. The molecule has 4 rings (SSSR count). The highest BCUT2D eigenvalue weighted by Gasteiger charge is 2.03. The fraction of sp³-hybridized carbons (Fsp3) is 0.0526. The monoisotopic (exact) mass is 311 g/mol. The number of nitrogens with zero attached hydrogens (tertiary/aromatic N) is 3. The van der Waals surface area contributed by atoms with Crippen LogP contribution in [0.15, 0.2) is 73.3 Å². The van der Waals surface area contributed by atoms with Crippen LogP contribution in [0.2, 0.25) is 0 Å². The van der Waals surface area contributed by atoms with Gasteiger partial charge in [-0.1, -0.05) is 36.4 Å². The Balaban J connectivity index is 1.69. The van der Waals surface area contributed by atoms with Crippen LogP contribution in [0, 0.1) is 0 Å². The molecule has 0 spiro atoms. The highest BCUT2D eigenvalue weighted by atomic mass is 16.4. The summed E-state index contributed by atoms with van der Waals surface area (Å²) in [5, 5.41) is 6.40. The van der Waals surface area contributed by atoms with Crippen LogP contribution in [0.4, 0.5) is 0 Å². The van der Waals surface area contributed by atoms with E-state index in [4.69, 9.17) is 12.7 Å². The summed E-state index contributed by atoms with van der Waals surface area (Å²) in [6.07, 6.45) is 3.27. The van der Waals surface area contributed by atoms with Crippen LogP contribution >= 0.6 is 0 Å². The molecule has 0 fully saturated rings. The third-order valence-corrected chi connectivity index (χ3v) is 4.02. The molecule has 0 N–H and O–H groups in total. The minimum Gasteiger partial charge on any atom is -0.568 e. The molecule has 3 aromatic carbocycles. The molecule has 0 saturated carbocycles. The summed E-state index contributed by atoms with van der Waals surface area (Å²) in [4.78, 5) is 3.98. The predicted octanol–water partition coefficient (Wildman–Crippen LogP) is 3.61. The van der Waals surface area contributed by atoms with E-state index in [0.29, 0.717) is 12.3 Å². The van der Waals surface area contributed by atoms with Gasteiger partial charge in [-0.05, 0) is 51.7 Å². The van der Waals surface area contributed by atoms with E-state index in [-0.39, 0.29) is 0 Å². The molecule has 4 aromatic rings. The molecule has 0 saturated heterocycles. The highest BCUT2D eigenvalue weighted by molar-refractivity contribution is 6.00. The van der Waals surface area contributed by atoms with Crippen LogP contribution in [-0.4, -0.2) is 22.8 Å². The maximum atomic E-state index is 5.22. The van der Waals surface area contributed by atoms with Crippen molar-refractivity contribution in [2.45, 2.75) is 6.54 Å². The van der Waals surface area contributed by atoms with E-state index in [2.05, 4.69) is 52.5 Å². The maximum absolute atomic E-state index is 5.22. The second kappa shape index (κ2) is 6.20. The van der Waals surface area contributed by atoms with Crippen molar-refractivity contribution < 1.29 is 4.65 Å². The van der Waals surface area contributed by atoms with Gasteiger partial charge in [-0.2, -0.15) is 5.10 Å². The topological polar surface area (TPSA) is 39.9 Å². The van der Waals surface area contributed by atoms with Crippen LogP contribution in [0.25, 0.3) is 21.9 Å². The van der Waals surface area contributed by atoms with E-state index >= 15 is 0 Å². The van der Waals surface area contributed by atoms with E-state index < -0.39 is 0 Å². The SMILES string of the molecule is [B]Oc1ccc2cc(-c3cccc(Cn4cncn4)c3)ccc2c1. The van der Waals surface area contributed by atoms with Crippen molar-refractivity contribution in [1.82, 2.24) is 14.8 Å². The Bertz CT molecular complexity index is 983. The minimum atomic E-state index is 0.657. The molecular formula is C19H14BN3O. The Kier molecular flexibility index (Phi) is 3.75. The van der Waals surface area contributed by atoms with Gasteiger partial charge in [0.1, 0.15) is 12.7 Å². The fourth-order valence-corrected chi connectivity index (χ4v) is 2.83. The van der Waals surface area contributed by atoms with Crippen LogP contribution in [0.3, 0.4) is 0 Å². The van der Waals surface area contributed by atoms with Gasteiger partial charge in [0.15, 0.2) is 0 Å². The first kappa shape index (κ1) is 14.5. The molecule has 0 aliphatic heterocycles. The zero-order chi connectivity index (χ0) is 16.4. The Morgan fingerprint density at radius 2 is 1.75 bits per heavy atom. The van der Waals surface area contributed by atoms with Gasteiger partial charge in [-0.25, -0.2) is 9.67 Å². The van der Waals surface area contributed by atoms with E-state index in [1.165, 1.54) is 16.7 Å². The van der Waals surface area contributed by atoms with Crippen LogP contribution < -0.4 is 4.65 Å². The smallest absolute Gasteiger partial charge is 0.374 e. The number of rotatable bonds is 4. The number of aromatic nitrogens is 3. The normalized spacial score (nSPS) is 10.8. The van der Waals surface area contributed by atoms with Crippen molar-refractivity contribution >= 4 is 18.8 Å². The lowest BCUT2D eigenvalue weighted by Crippen LogP contribution is -1.99. The lowest BCUT2D eigenvalue weighted by molar-refractivity contribution is 0.617. The summed E-state index contributed by atoms with van der Waals surface area (Å²) in [7, 11) is 5.22. The highest BCUT2D eigenvalue weighted by Crippen LogP contribution is 2.27. The molecule has 0 aliphatic rings. The quantitative estimate of drug-likeness (QED) is 0.541. The summed E-state index contributed by atoms with van der Waals surface area (Å²) in [5.74, 6) is 0.657. The van der Waals surface area contributed by atoms with Gasteiger partial charge in [0.05, 0.1) is 12.3 Å². The average molecular weight is 311 g/mol. The molecule has 0 amide bonds. The van der Waals surface area contributed by atoms with Crippen molar-refractivity contribution in [3.05, 3.63) is 78.9 Å². The van der Waals surface area contributed by atoms with Crippen LogP contribution in [-0.2, 0) is 6.54 Å². The Hall–Kier alpha value is -3.08. The standard InChI is InChI=1S/C19H14BN3O/c20-24-19-7-6-17-9-16(4-5-18(17)10-19)15-3-1-2-14(8-15)11-23-13-21-12-22-23/h1-10,12-13H,11H2. The predicted molar refractivity (Wildman–Crippen MR) is 94.9 cm³/mol. The zero-order valence-electron chi connectivity index (χ0n) is 13.0. The first-order chi connectivity index (χ1) is 11.8. The van der Waals surface area contributed by atoms with Gasteiger partial charge in [0.25, 0.3) is 0 Å². The van der Waals surface area contributed by atoms with E-state index in [1.54, 1.807) is 12.7 Å². The minimum absolute atomic E-state index is 0.657. The molecule has 2 radical (unpaired) electrons. The molecule has 4 nitrogen and oxygen atoms in total. The maximum Gasteiger partial charge on any atom is 0.374 e. The molecule has 114 valence electrons. The van der Waals surface area contributed by atoms with Gasteiger partial charge in [0.2, 0.25) is 0 Å². The van der Waals surface area contributed by atoms with Gasteiger partial charge in [-0.3, -0.25) is 0 Å². The van der Waals surface area contributed by atoms with Gasteiger partial charge in [0, 0.05) is 0 Å². The van der Waals surface area contributed by atoms with Crippen LogP contribution in [0.1, 0.15) is 5.56 Å². The lowest BCUT2D eigenvalue weighted by atomic mass is 9.99. The summed E-state index contributed by atoms with van der Waals surface area (Å²) in [6.45, 7) is 0.707. The molecular weight excluding hydrogens is 297 g/mol. The van der Waals surface area contributed by atoms with Crippen LogP contribution in [0.5, 0.6) is 5.75 Å². The molecule has 0 bridgehead atoms. The Morgan fingerprint density at radius 3 is 2.58 bits per heavy atom. The lowest BCUT2D eigenvalue weighted by Gasteiger charge is -2.08. The fourth-order valence-electron chi connectivity index (χ4n) is 2.83. The Labute approximate surface area is 141 Å². The zero-order valence-corrected chi connectivity index (χ0v) is 13.0. The first-order valence-electron chi connectivity index (χ1n) is 7.64. The molecule has 0 aliphatic carbocycles. The largest absolute Gasteiger partial charge is 0.568 e. The third-order valence-electron chi connectivity index (χ3n) is 4.02. The summed E-state index contributed by atoms with van der Waals surface area (Å²) in [6, 6.07) is 20.6. The van der Waals surface area contributed by atoms with Gasteiger partial charge < -0.3 is 4.65 Å². The summed E-state index contributed by atoms with van der Waals surface area (Å²) in [5.41, 5.74) is 3.53. The van der Waals surface area contributed by atoms with E-state index in [9.17, 15) is 0 Å². The third kappa shape index (κ3) is 2.88. The summed E-state index contributed by atoms with van der Waals surface area (Å²) < 4.78 is 6.60. The second-order valence-corrected chi connectivity index (χ2v) is 5.64. The van der Waals surface area contributed by atoms with Crippen molar-refractivity contribution in [1.29, 1.82) is 0 Å².